The van der Waals surface area contributed by atoms with Crippen LogP contribution in [-0.4, -0.2) is 18.3 Å². The summed E-state index contributed by atoms with van der Waals surface area (Å²) in [6, 6.07) is 11.0. The van der Waals surface area contributed by atoms with Crippen molar-refractivity contribution in [2.24, 2.45) is 0 Å². The fourth-order valence-electron chi connectivity index (χ4n) is 2.57. The predicted octanol–water partition coefficient (Wildman–Crippen LogP) is 4.00. The van der Waals surface area contributed by atoms with Gasteiger partial charge in [0.25, 0.3) is 0 Å². The molecule has 2 heterocycles. The average molecular weight is 350 g/mol. The number of ether oxygens (including phenoxy) is 1. The Bertz CT molecular complexity index is 728. The minimum absolute atomic E-state index is 0.0515. The Morgan fingerprint density at radius 1 is 1.22 bits per heavy atom. The molecule has 0 radical (unpaired) electrons. The van der Waals surface area contributed by atoms with Gasteiger partial charge in [-0.2, -0.15) is 0 Å². The topological polar surface area (TPSA) is 55.4 Å². The molecular formula is C17H16ClNO3S. The molecule has 1 N–H and O–H groups in total. The van der Waals surface area contributed by atoms with Gasteiger partial charge in [-0.25, -0.2) is 0 Å². The second kappa shape index (κ2) is 7.15. The molecule has 0 saturated heterocycles. The van der Waals surface area contributed by atoms with Crippen LogP contribution in [0.1, 0.15) is 40.5 Å². The minimum atomic E-state index is -0.122. The summed E-state index contributed by atoms with van der Waals surface area (Å²) < 4.78 is 6.16. The van der Waals surface area contributed by atoms with Gasteiger partial charge >= 0.3 is 0 Å². The molecule has 3 rings (SSSR count). The van der Waals surface area contributed by atoms with Gasteiger partial charge in [0, 0.05) is 24.8 Å². The molecule has 0 fully saturated rings. The zero-order valence-electron chi connectivity index (χ0n) is 12.4. The molecule has 120 valence electrons. The van der Waals surface area contributed by atoms with Gasteiger partial charge in [-0.3, -0.25) is 9.59 Å². The summed E-state index contributed by atoms with van der Waals surface area (Å²) in [6.07, 6.45) is 1.10. The molecule has 1 aliphatic heterocycles. The molecule has 0 aliphatic carbocycles. The lowest BCUT2D eigenvalue weighted by Crippen LogP contribution is -2.32. The quantitative estimate of drug-likeness (QED) is 0.830. The van der Waals surface area contributed by atoms with Crippen molar-refractivity contribution in [2.45, 2.75) is 25.3 Å². The van der Waals surface area contributed by atoms with Crippen molar-refractivity contribution in [3.8, 4) is 5.75 Å². The van der Waals surface area contributed by atoms with Crippen LogP contribution in [0, 0.1) is 0 Å². The van der Waals surface area contributed by atoms with Crippen molar-refractivity contribution in [1.82, 2.24) is 5.32 Å². The number of halogens is 1. The molecule has 0 spiro atoms. The normalized spacial score (nSPS) is 16.3. The molecular weight excluding hydrogens is 334 g/mol. The van der Waals surface area contributed by atoms with Crippen LogP contribution in [0.15, 0.2) is 36.4 Å². The van der Waals surface area contributed by atoms with Crippen molar-refractivity contribution < 1.29 is 14.3 Å². The van der Waals surface area contributed by atoms with E-state index < -0.39 is 0 Å². The van der Waals surface area contributed by atoms with Crippen LogP contribution >= 0.6 is 22.9 Å². The number of thiophene rings is 1. The molecule has 6 heteroatoms. The van der Waals surface area contributed by atoms with E-state index >= 15 is 0 Å². The van der Waals surface area contributed by atoms with E-state index in [0.29, 0.717) is 15.8 Å². The maximum absolute atomic E-state index is 12.1. The van der Waals surface area contributed by atoms with E-state index in [1.807, 2.05) is 24.3 Å². The van der Waals surface area contributed by atoms with Gasteiger partial charge in [0.2, 0.25) is 5.91 Å². The fourth-order valence-corrected chi connectivity index (χ4v) is 3.58. The molecule has 1 atom stereocenters. The summed E-state index contributed by atoms with van der Waals surface area (Å²) in [4.78, 5) is 24.7. The zero-order chi connectivity index (χ0) is 16.2. The third-order valence-corrected chi connectivity index (χ3v) is 4.99. The van der Waals surface area contributed by atoms with Crippen LogP contribution in [0.25, 0.3) is 0 Å². The van der Waals surface area contributed by atoms with Crippen molar-refractivity contribution in [2.75, 3.05) is 6.61 Å². The molecule has 1 amide bonds. The Balaban J connectivity index is 1.55. The van der Waals surface area contributed by atoms with E-state index in [0.717, 1.165) is 17.7 Å². The first-order valence-electron chi connectivity index (χ1n) is 7.43. The third kappa shape index (κ3) is 3.92. The van der Waals surface area contributed by atoms with Gasteiger partial charge < -0.3 is 10.1 Å². The fraction of sp³-hybridized carbons (Fsp3) is 0.294. The molecule has 1 unspecified atom stereocenters. The standard InChI is InChI=1S/C17H16ClNO3S/c18-16-7-6-15(23-16)13(20)5-8-17(21)19-12-9-10-22-14-4-2-1-3-11(12)14/h1-4,6-7,12H,5,8-10H2,(H,19,21). The number of fused-ring (bicyclic) bond motifs is 1. The molecule has 1 aromatic heterocycles. The van der Waals surface area contributed by atoms with Crippen molar-refractivity contribution in [1.29, 1.82) is 0 Å². The number of para-hydroxylation sites is 1. The van der Waals surface area contributed by atoms with Crippen molar-refractivity contribution >= 4 is 34.6 Å². The van der Waals surface area contributed by atoms with Gasteiger partial charge in [-0.15, -0.1) is 11.3 Å². The summed E-state index contributed by atoms with van der Waals surface area (Å²) >= 11 is 7.06. The Morgan fingerprint density at radius 3 is 2.83 bits per heavy atom. The molecule has 1 aliphatic rings. The number of ketones is 1. The monoisotopic (exact) mass is 349 g/mol. The van der Waals surface area contributed by atoms with Gasteiger partial charge in [0.05, 0.1) is 21.9 Å². The number of carbonyl (C=O) groups is 2. The minimum Gasteiger partial charge on any atom is -0.493 e. The largest absolute Gasteiger partial charge is 0.493 e. The number of benzene rings is 1. The highest BCUT2D eigenvalue weighted by Crippen LogP contribution is 2.31. The van der Waals surface area contributed by atoms with E-state index in [-0.39, 0.29) is 30.6 Å². The summed E-state index contributed by atoms with van der Waals surface area (Å²) in [5.41, 5.74) is 0.989. The maximum Gasteiger partial charge on any atom is 0.220 e. The number of carbonyl (C=O) groups excluding carboxylic acids is 2. The van der Waals surface area contributed by atoms with E-state index in [1.54, 1.807) is 12.1 Å². The smallest absolute Gasteiger partial charge is 0.220 e. The lowest BCUT2D eigenvalue weighted by atomic mass is 10.0. The van der Waals surface area contributed by atoms with Gasteiger partial charge in [0.15, 0.2) is 5.78 Å². The average Bonchev–Trinajstić information content (AvgIpc) is 2.99. The Hall–Kier alpha value is -1.85. The molecule has 23 heavy (non-hydrogen) atoms. The molecule has 0 bridgehead atoms. The predicted molar refractivity (Wildman–Crippen MR) is 90.3 cm³/mol. The van der Waals surface area contributed by atoms with Crippen LogP contribution in [-0.2, 0) is 4.79 Å². The summed E-state index contributed by atoms with van der Waals surface area (Å²) in [5.74, 6) is 0.639. The lowest BCUT2D eigenvalue weighted by Gasteiger charge is -2.26. The zero-order valence-corrected chi connectivity index (χ0v) is 14.0. The molecule has 2 aromatic rings. The van der Waals surface area contributed by atoms with Crippen LogP contribution in [0.2, 0.25) is 4.34 Å². The second-order valence-corrected chi connectivity index (χ2v) is 7.04. The van der Waals surface area contributed by atoms with Gasteiger partial charge in [-0.1, -0.05) is 29.8 Å². The number of nitrogens with one attached hydrogen (secondary N) is 1. The molecule has 1 aromatic carbocycles. The molecule has 4 nitrogen and oxygen atoms in total. The Labute approximate surface area is 143 Å². The second-order valence-electron chi connectivity index (χ2n) is 5.32. The van der Waals surface area contributed by atoms with E-state index in [4.69, 9.17) is 16.3 Å². The van der Waals surface area contributed by atoms with Crippen molar-refractivity contribution in [3.63, 3.8) is 0 Å². The van der Waals surface area contributed by atoms with Crippen molar-refractivity contribution in [3.05, 3.63) is 51.2 Å². The third-order valence-electron chi connectivity index (χ3n) is 3.72. The number of rotatable bonds is 5. The van der Waals surface area contributed by atoms with Crippen LogP contribution in [0.3, 0.4) is 0 Å². The molecule has 0 saturated carbocycles. The highest BCUT2D eigenvalue weighted by molar-refractivity contribution is 7.18. The van der Waals surface area contributed by atoms with Gasteiger partial charge in [-0.05, 0) is 18.2 Å². The summed E-state index contributed by atoms with van der Waals surface area (Å²) in [5, 5.41) is 2.99. The van der Waals surface area contributed by atoms with Crippen LogP contribution in [0.5, 0.6) is 5.75 Å². The summed E-state index contributed by atoms with van der Waals surface area (Å²) in [7, 11) is 0. The summed E-state index contributed by atoms with van der Waals surface area (Å²) in [6.45, 7) is 0.578. The van der Waals surface area contributed by atoms with Gasteiger partial charge in [0.1, 0.15) is 5.75 Å². The highest BCUT2D eigenvalue weighted by Gasteiger charge is 2.22. The van der Waals surface area contributed by atoms with E-state index in [1.165, 1.54) is 11.3 Å². The first kappa shape index (κ1) is 16.0. The number of amides is 1. The maximum atomic E-state index is 12.1. The first-order valence-corrected chi connectivity index (χ1v) is 8.62. The lowest BCUT2D eigenvalue weighted by molar-refractivity contribution is -0.122. The highest BCUT2D eigenvalue weighted by atomic mass is 35.5. The number of Topliss-reactive ketones (excluding diaryl/α,β-unsaturated/α-hetero) is 1. The Kier molecular flexibility index (Phi) is 4.98. The number of hydrogen-bond donors (Lipinski definition) is 1. The van der Waals surface area contributed by atoms with E-state index in [2.05, 4.69) is 5.32 Å². The Morgan fingerprint density at radius 2 is 2.04 bits per heavy atom. The van der Waals surface area contributed by atoms with E-state index in [9.17, 15) is 9.59 Å². The van der Waals surface area contributed by atoms with Crippen LogP contribution < -0.4 is 10.1 Å². The SMILES string of the molecule is O=C(CCC(=O)c1ccc(Cl)s1)NC1CCOc2ccccc21. The van der Waals surface area contributed by atoms with Crippen LogP contribution in [0.4, 0.5) is 0 Å². The number of hydrogen-bond acceptors (Lipinski definition) is 4. The first-order chi connectivity index (χ1) is 11.1.